The highest BCUT2D eigenvalue weighted by molar-refractivity contribution is 7.99. The van der Waals surface area contributed by atoms with Crippen molar-refractivity contribution in [1.29, 1.82) is 0 Å². The molecule has 0 saturated heterocycles. The molecule has 1 N–H and O–H groups in total. The second-order valence-corrected chi connectivity index (χ2v) is 7.11. The first-order valence-corrected chi connectivity index (χ1v) is 9.27. The van der Waals surface area contributed by atoms with Gasteiger partial charge in [0.2, 0.25) is 5.91 Å². The lowest BCUT2D eigenvalue weighted by atomic mass is 10.1. The summed E-state index contributed by atoms with van der Waals surface area (Å²) in [5, 5.41) is 2.92. The Morgan fingerprint density at radius 1 is 1.08 bits per heavy atom. The van der Waals surface area contributed by atoms with Gasteiger partial charge in [-0.05, 0) is 37.6 Å². The molecule has 0 bridgehead atoms. The van der Waals surface area contributed by atoms with E-state index < -0.39 is 0 Å². The van der Waals surface area contributed by atoms with Crippen LogP contribution in [-0.4, -0.2) is 25.4 Å². The molecule has 0 spiro atoms. The summed E-state index contributed by atoms with van der Waals surface area (Å²) in [5.41, 5.74) is 2.12. The molecule has 2 rings (SSSR count). The third kappa shape index (κ3) is 5.43. The molecule has 5 heteroatoms. The monoisotopic (exact) mass is 359 g/mol. The molecule has 0 saturated carbocycles. The van der Waals surface area contributed by atoms with E-state index in [4.69, 9.17) is 9.47 Å². The van der Waals surface area contributed by atoms with Gasteiger partial charge in [0.1, 0.15) is 11.5 Å². The van der Waals surface area contributed by atoms with Crippen molar-refractivity contribution in [2.24, 2.45) is 0 Å². The van der Waals surface area contributed by atoms with Crippen molar-refractivity contribution in [3.63, 3.8) is 0 Å². The topological polar surface area (TPSA) is 47.6 Å². The summed E-state index contributed by atoms with van der Waals surface area (Å²) in [7, 11) is 3.25. The number of carbonyl (C=O) groups excluding carboxylic acids is 1. The largest absolute Gasteiger partial charge is 0.497 e. The Morgan fingerprint density at radius 3 is 2.44 bits per heavy atom. The van der Waals surface area contributed by atoms with E-state index in [1.807, 2.05) is 50.2 Å². The second-order valence-electron chi connectivity index (χ2n) is 5.78. The molecule has 0 fully saturated rings. The number of nitrogens with one attached hydrogen (secondary N) is 1. The summed E-state index contributed by atoms with van der Waals surface area (Å²) in [6.45, 7) is 3.88. The average molecular weight is 359 g/mol. The lowest BCUT2D eigenvalue weighted by Crippen LogP contribution is -2.33. The van der Waals surface area contributed by atoms with Crippen LogP contribution in [0.15, 0.2) is 48.5 Å². The number of benzene rings is 2. The van der Waals surface area contributed by atoms with Crippen LogP contribution in [0.4, 0.5) is 0 Å². The van der Waals surface area contributed by atoms with Crippen molar-refractivity contribution in [2.75, 3.05) is 14.2 Å². The van der Waals surface area contributed by atoms with Crippen LogP contribution < -0.4 is 14.8 Å². The number of carbonyl (C=O) groups is 1. The maximum Gasteiger partial charge on any atom is 0.233 e. The molecule has 134 valence electrons. The quantitative estimate of drug-likeness (QED) is 0.767. The van der Waals surface area contributed by atoms with Gasteiger partial charge in [0.15, 0.2) is 0 Å². The van der Waals surface area contributed by atoms with Crippen LogP contribution in [0.3, 0.4) is 0 Å². The van der Waals surface area contributed by atoms with E-state index in [0.717, 1.165) is 22.8 Å². The van der Waals surface area contributed by atoms with Crippen LogP contribution in [0.5, 0.6) is 11.5 Å². The van der Waals surface area contributed by atoms with Gasteiger partial charge in [-0.2, -0.15) is 0 Å². The van der Waals surface area contributed by atoms with Crippen molar-refractivity contribution in [1.82, 2.24) is 5.32 Å². The van der Waals surface area contributed by atoms with Gasteiger partial charge in [-0.1, -0.05) is 30.3 Å². The predicted octanol–water partition coefficient (Wildman–Crippen LogP) is 4.20. The van der Waals surface area contributed by atoms with E-state index in [1.165, 1.54) is 5.56 Å². The Hall–Kier alpha value is -2.14. The molecule has 0 aliphatic rings. The Morgan fingerprint density at radius 2 is 1.80 bits per heavy atom. The fourth-order valence-electron chi connectivity index (χ4n) is 2.46. The van der Waals surface area contributed by atoms with Crippen molar-refractivity contribution >= 4 is 17.7 Å². The van der Waals surface area contributed by atoms with Crippen LogP contribution in [-0.2, 0) is 10.5 Å². The molecule has 2 aromatic carbocycles. The van der Waals surface area contributed by atoms with Crippen molar-refractivity contribution in [3.8, 4) is 11.5 Å². The third-order valence-electron chi connectivity index (χ3n) is 3.97. The van der Waals surface area contributed by atoms with E-state index in [9.17, 15) is 4.79 Å². The van der Waals surface area contributed by atoms with Gasteiger partial charge in [0.05, 0.1) is 25.5 Å². The molecule has 0 heterocycles. The van der Waals surface area contributed by atoms with Crippen LogP contribution in [0.2, 0.25) is 0 Å². The van der Waals surface area contributed by atoms with E-state index in [2.05, 4.69) is 17.4 Å². The van der Waals surface area contributed by atoms with E-state index >= 15 is 0 Å². The lowest BCUT2D eigenvalue weighted by molar-refractivity contribution is -0.120. The van der Waals surface area contributed by atoms with E-state index in [0.29, 0.717) is 0 Å². The molecule has 0 aliphatic carbocycles. The van der Waals surface area contributed by atoms with Gasteiger partial charge in [-0.25, -0.2) is 0 Å². The van der Waals surface area contributed by atoms with Crippen LogP contribution in [0.1, 0.15) is 31.0 Å². The van der Waals surface area contributed by atoms with Gasteiger partial charge in [-0.15, -0.1) is 11.8 Å². The summed E-state index contributed by atoms with van der Waals surface area (Å²) < 4.78 is 10.7. The second kappa shape index (κ2) is 9.37. The normalized spacial score (nSPS) is 13.0. The number of rotatable bonds is 8. The summed E-state index contributed by atoms with van der Waals surface area (Å²) in [6, 6.07) is 15.6. The summed E-state index contributed by atoms with van der Waals surface area (Å²) >= 11 is 1.62. The molecular weight excluding hydrogens is 334 g/mol. The van der Waals surface area contributed by atoms with Crippen molar-refractivity contribution in [2.45, 2.75) is 30.9 Å². The molecule has 2 atom stereocenters. The minimum atomic E-state index is -0.169. The first-order chi connectivity index (χ1) is 12.0. The van der Waals surface area contributed by atoms with E-state index in [-0.39, 0.29) is 17.2 Å². The number of amides is 1. The molecule has 0 aromatic heterocycles. The number of thioether (sulfide) groups is 1. The fourth-order valence-corrected chi connectivity index (χ4v) is 3.31. The zero-order valence-electron chi connectivity index (χ0n) is 15.1. The van der Waals surface area contributed by atoms with Crippen molar-refractivity contribution in [3.05, 3.63) is 59.7 Å². The molecule has 4 nitrogen and oxygen atoms in total. The van der Waals surface area contributed by atoms with Crippen molar-refractivity contribution < 1.29 is 14.3 Å². The zero-order valence-corrected chi connectivity index (χ0v) is 15.9. The predicted molar refractivity (Wildman–Crippen MR) is 103 cm³/mol. The number of hydrogen-bond donors (Lipinski definition) is 1. The minimum absolute atomic E-state index is 0.0123. The minimum Gasteiger partial charge on any atom is -0.497 e. The molecule has 0 aliphatic heterocycles. The van der Waals surface area contributed by atoms with Gasteiger partial charge >= 0.3 is 0 Å². The maximum absolute atomic E-state index is 12.5. The molecular formula is C20H25NO3S. The van der Waals surface area contributed by atoms with Gasteiger partial charge < -0.3 is 14.8 Å². The smallest absolute Gasteiger partial charge is 0.233 e. The summed E-state index contributed by atoms with van der Waals surface area (Å²) in [4.78, 5) is 12.5. The highest BCUT2D eigenvalue weighted by Crippen LogP contribution is 2.29. The molecule has 0 radical (unpaired) electrons. The SMILES string of the molecule is COc1ccc(OC)c([C@@H](C)NC(=O)[C@H](C)SCc2ccccc2)c1. The molecule has 2 aromatic rings. The number of methoxy groups -OCH3 is 2. The van der Waals surface area contributed by atoms with E-state index in [1.54, 1.807) is 26.0 Å². The first kappa shape index (κ1) is 19.2. The highest BCUT2D eigenvalue weighted by atomic mass is 32.2. The van der Waals surface area contributed by atoms with Crippen LogP contribution in [0.25, 0.3) is 0 Å². The average Bonchev–Trinajstić information content (AvgIpc) is 2.66. The maximum atomic E-state index is 12.5. The Balaban J connectivity index is 1.97. The highest BCUT2D eigenvalue weighted by Gasteiger charge is 2.19. The molecule has 1 amide bonds. The Labute approximate surface area is 153 Å². The fraction of sp³-hybridized carbons (Fsp3) is 0.350. The van der Waals surface area contributed by atoms with Crippen LogP contribution in [0, 0.1) is 0 Å². The Bertz CT molecular complexity index is 691. The Kier molecular flexibility index (Phi) is 7.19. The standard InChI is InChI=1S/C20H25NO3S/c1-14(18-12-17(23-3)10-11-19(18)24-4)21-20(22)15(2)25-13-16-8-6-5-7-9-16/h5-12,14-15H,13H2,1-4H3,(H,21,22)/t14-,15+/m1/s1. The third-order valence-corrected chi connectivity index (χ3v) is 5.19. The molecule has 25 heavy (non-hydrogen) atoms. The number of ether oxygens (including phenoxy) is 2. The first-order valence-electron chi connectivity index (χ1n) is 8.23. The molecule has 0 unspecified atom stereocenters. The van der Waals surface area contributed by atoms with Crippen LogP contribution >= 0.6 is 11.8 Å². The van der Waals surface area contributed by atoms with Gasteiger partial charge in [0.25, 0.3) is 0 Å². The van der Waals surface area contributed by atoms with Gasteiger partial charge in [-0.3, -0.25) is 4.79 Å². The van der Waals surface area contributed by atoms with Gasteiger partial charge in [0, 0.05) is 11.3 Å². The lowest BCUT2D eigenvalue weighted by Gasteiger charge is -2.20. The zero-order chi connectivity index (χ0) is 18.2. The number of hydrogen-bond acceptors (Lipinski definition) is 4. The summed E-state index contributed by atoms with van der Waals surface area (Å²) in [5.74, 6) is 2.30. The summed E-state index contributed by atoms with van der Waals surface area (Å²) in [6.07, 6.45) is 0.